The van der Waals surface area contributed by atoms with Gasteiger partial charge >= 0.3 is 0 Å². The lowest BCUT2D eigenvalue weighted by molar-refractivity contribution is -0.129. The van der Waals surface area contributed by atoms with E-state index in [0.717, 1.165) is 32.8 Å². The van der Waals surface area contributed by atoms with Crippen LogP contribution in [0, 0.1) is 0 Å². The van der Waals surface area contributed by atoms with Gasteiger partial charge in [0.15, 0.2) is 0 Å². The van der Waals surface area contributed by atoms with E-state index in [1.165, 1.54) is 0 Å². The van der Waals surface area contributed by atoms with E-state index in [1.54, 1.807) is 6.07 Å². The van der Waals surface area contributed by atoms with Crippen molar-refractivity contribution in [3.8, 4) is 5.75 Å². The summed E-state index contributed by atoms with van der Waals surface area (Å²) in [6.07, 6.45) is 1.43. The minimum atomic E-state index is -0.283. The fraction of sp³-hybridized carbons (Fsp3) is 0.190. The normalized spacial score (nSPS) is 15.7. The van der Waals surface area contributed by atoms with Gasteiger partial charge in [-0.3, -0.25) is 4.79 Å². The molecule has 4 heteroatoms. The summed E-state index contributed by atoms with van der Waals surface area (Å²) >= 11 is 3.47. The third-order valence-corrected chi connectivity index (χ3v) is 5.36. The highest BCUT2D eigenvalue weighted by Gasteiger charge is 2.32. The van der Waals surface area contributed by atoms with Crippen molar-refractivity contribution in [3.05, 3.63) is 76.3 Å². The maximum absolute atomic E-state index is 12.5. The van der Waals surface area contributed by atoms with Crippen molar-refractivity contribution in [1.29, 1.82) is 0 Å². The lowest BCUT2D eigenvalue weighted by Gasteiger charge is -2.30. The summed E-state index contributed by atoms with van der Waals surface area (Å²) in [6, 6.07) is 19.3. The van der Waals surface area contributed by atoms with Crippen LogP contribution in [-0.2, 0) is 4.79 Å². The number of halogens is 1. The average Bonchev–Trinajstić information content (AvgIpc) is 3.04. The highest BCUT2D eigenvalue weighted by atomic mass is 79.9. The number of carbonyl (C=O) groups excluding carboxylic acids is 1. The van der Waals surface area contributed by atoms with Crippen LogP contribution in [0.5, 0.6) is 5.75 Å². The van der Waals surface area contributed by atoms with Crippen LogP contribution < -0.4 is 0 Å². The monoisotopic (exact) mass is 395 g/mol. The number of nitrogens with zero attached hydrogens (tertiary/aromatic N) is 1. The van der Waals surface area contributed by atoms with E-state index in [2.05, 4.69) is 15.9 Å². The number of carbonyl (C=O) groups is 1. The first kappa shape index (κ1) is 16.2. The number of likely N-dealkylation sites (tertiary alicyclic amines) is 1. The summed E-state index contributed by atoms with van der Waals surface area (Å²) in [6.45, 7) is 0.711. The molecule has 0 bridgehead atoms. The van der Waals surface area contributed by atoms with Crippen molar-refractivity contribution >= 4 is 32.6 Å². The molecule has 1 aliphatic rings. The van der Waals surface area contributed by atoms with Crippen LogP contribution in [0.3, 0.4) is 0 Å². The second-order valence-electron chi connectivity index (χ2n) is 6.36. The molecule has 1 amide bonds. The smallest absolute Gasteiger partial charge is 0.223 e. The van der Waals surface area contributed by atoms with Gasteiger partial charge in [-0.25, -0.2) is 0 Å². The highest BCUT2D eigenvalue weighted by Crippen LogP contribution is 2.41. The van der Waals surface area contributed by atoms with Crippen molar-refractivity contribution in [1.82, 2.24) is 4.90 Å². The molecule has 0 aromatic heterocycles. The lowest BCUT2D eigenvalue weighted by atomic mass is 9.91. The van der Waals surface area contributed by atoms with Crippen LogP contribution >= 0.6 is 15.9 Å². The topological polar surface area (TPSA) is 40.5 Å². The molecule has 1 fully saturated rings. The predicted molar refractivity (Wildman–Crippen MR) is 103 cm³/mol. The van der Waals surface area contributed by atoms with Crippen molar-refractivity contribution in [3.63, 3.8) is 0 Å². The lowest BCUT2D eigenvalue weighted by Crippen LogP contribution is -2.30. The van der Waals surface area contributed by atoms with Gasteiger partial charge in [-0.1, -0.05) is 58.4 Å². The van der Waals surface area contributed by atoms with Crippen molar-refractivity contribution in [2.24, 2.45) is 0 Å². The Labute approximate surface area is 155 Å². The average molecular weight is 396 g/mol. The second kappa shape index (κ2) is 6.52. The largest absolute Gasteiger partial charge is 0.508 e. The SMILES string of the molecule is O=C1CCCN1C(c1ccc(Br)cc1)c1c(O)ccc2ccccc12. The van der Waals surface area contributed by atoms with E-state index in [4.69, 9.17) is 0 Å². The van der Waals surface area contributed by atoms with Crippen LogP contribution in [0.1, 0.15) is 30.0 Å². The van der Waals surface area contributed by atoms with Gasteiger partial charge in [-0.05, 0) is 41.0 Å². The zero-order valence-corrected chi connectivity index (χ0v) is 15.2. The molecular formula is C21H18BrNO2. The van der Waals surface area contributed by atoms with Gasteiger partial charge < -0.3 is 10.0 Å². The van der Waals surface area contributed by atoms with Crippen LogP contribution in [0.2, 0.25) is 0 Å². The van der Waals surface area contributed by atoms with E-state index < -0.39 is 0 Å². The molecule has 0 aliphatic carbocycles. The van der Waals surface area contributed by atoms with E-state index in [1.807, 2.05) is 59.5 Å². The highest BCUT2D eigenvalue weighted by molar-refractivity contribution is 9.10. The Morgan fingerprint density at radius 3 is 2.48 bits per heavy atom. The summed E-state index contributed by atoms with van der Waals surface area (Å²) in [5.74, 6) is 0.367. The molecule has 1 atom stereocenters. The Kier molecular flexibility index (Phi) is 4.22. The molecule has 1 unspecified atom stereocenters. The molecule has 25 heavy (non-hydrogen) atoms. The molecule has 1 heterocycles. The standard InChI is InChI=1S/C21H18BrNO2/c22-16-10-7-15(8-11-16)21(23-13-3-6-19(23)25)20-17-5-2-1-4-14(17)9-12-18(20)24/h1-2,4-5,7-12,21,24H,3,6,13H2. The van der Waals surface area contributed by atoms with E-state index >= 15 is 0 Å². The molecular weight excluding hydrogens is 378 g/mol. The number of phenols is 1. The van der Waals surface area contributed by atoms with E-state index in [0.29, 0.717) is 13.0 Å². The summed E-state index contributed by atoms with van der Waals surface area (Å²) in [4.78, 5) is 14.4. The zero-order valence-electron chi connectivity index (χ0n) is 13.7. The van der Waals surface area contributed by atoms with E-state index in [9.17, 15) is 9.90 Å². The summed E-state index contributed by atoms with van der Waals surface area (Å²) in [5, 5.41) is 12.7. The van der Waals surface area contributed by atoms with Crippen LogP contribution in [0.15, 0.2) is 65.1 Å². The number of fused-ring (bicyclic) bond motifs is 1. The molecule has 3 aromatic rings. The van der Waals surface area contributed by atoms with Crippen molar-refractivity contribution in [2.45, 2.75) is 18.9 Å². The minimum absolute atomic E-state index is 0.139. The first-order valence-corrected chi connectivity index (χ1v) is 9.20. The van der Waals surface area contributed by atoms with Gasteiger partial charge in [0.05, 0.1) is 6.04 Å². The molecule has 0 saturated carbocycles. The fourth-order valence-electron chi connectivity index (χ4n) is 3.66. The summed E-state index contributed by atoms with van der Waals surface area (Å²) < 4.78 is 0.991. The summed E-state index contributed by atoms with van der Waals surface area (Å²) in [7, 11) is 0. The molecule has 4 rings (SSSR count). The van der Waals surface area contributed by atoms with Crippen molar-refractivity contribution in [2.75, 3.05) is 6.54 Å². The van der Waals surface area contributed by atoms with Gasteiger partial charge in [-0.15, -0.1) is 0 Å². The Balaban J connectivity index is 1.96. The van der Waals surface area contributed by atoms with Crippen LogP contribution in [0.25, 0.3) is 10.8 Å². The number of phenolic OH excluding ortho intramolecular Hbond substituents is 1. The molecule has 1 aliphatic heterocycles. The third-order valence-electron chi connectivity index (χ3n) is 4.83. The second-order valence-corrected chi connectivity index (χ2v) is 7.28. The maximum Gasteiger partial charge on any atom is 0.223 e. The Bertz CT molecular complexity index is 936. The number of rotatable bonds is 3. The Morgan fingerprint density at radius 1 is 1.00 bits per heavy atom. The Morgan fingerprint density at radius 2 is 1.76 bits per heavy atom. The Hall–Kier alpha value is -2.33. The number of hydrogen-bond donors (Lipinski definition) is 1. The maximum atomic E-state index is 12.5. The van der Waals surface area contributed by atoms with Gasteiger partial charge in [0, 0.05) is 23.0 Å². The van der Waals surface area contributed by atoms with Gasteiger partial charge in [0.25, 0.3) is 0 Å². The zero-order chi connectivity index (χ0) is 17.4. The molecule has 126 valence electrons. The van der Waals surface area contributed by atoms with Gasteiger partial charge in [0.2, 0.25) is 5.91 Å². The molecule has 0 radical (unpaired) electrons. The fourth-order valence-corrected chi connectivity index (χ4v) is 3.93. The first-order valence-electron chi connectivity index (χ1n) is 8.41. The van der Waals surface area contributed by atoms with Crippen LogP contribution in [-0.4, -0.2) is 22.5 Å². The molecule has 3 aromatic carbocycles. The third kappa shape index (κ3) is 2.91. The predicted octanol–water partition coefficient (Wildman–Crippen LogP) is 5.02. The summed E-state index contributed by atoms with van der Waals surface area (Å²) in [5.41, 5.74) is 1.81. The van der Waals surface area contributed by atoms with Crippen LogP contribution in [0.4, 0.5) is 0 Å². The number of benzene rings is 3. The first-order chi connectivity index (χ1) is 12.1. The molecule has 1 saturated heterocycles. The van der Waals surface area contributed by atoms with E-state index in [-0.39, 0.29) is 17.7 Å². The molecule has 1 N–H and O–H groups in total. The quantitative estimate of drug-likeness (QED) is 0.676. The molecule has 3 nitrogen and oxygen atoms in total. The van der Waals surface area contributed by atoms with Gasteiger partial charge in [0.1, 0.15) is 5.75 Å². The number of aromatic hydroxyl groups is 1. The molecule has 0 spiro atoms. The van der Waals surface area contributed by atoms with Gasteiger partial charge in [-0.2, -0.15) is 0 Å². The number of amides is 1. The van der Waals surface area contributed by atoms with Crippen molar-refractivity contribution < 1.29 is 9.90 Å². The number of hydrogen-bond acceptors (Lipinski definition) is 2. The minimum Gasteiger partial charge on any atom is -0.508 e.